The number of amides is 1. The molecular weight excluding hydrogens is 280 g/mol. The van der Waals surface area contributed by atoms with Gasteiger partial charge in [0.25, 0.3) is 0 Å². The number of ether oxygens (including phenoxy) is 1. The van der Waals surface area contributed by atoms with Crippen LogP contribution < -0.4 is 0 Å². The summed E-state index contributed by atoms with van der Waals surface area (Å²) in [4.78, 5) is 18.4. The van der Waals surface area contributed by atoms with Gasteiger partial charge in [-0.3, -0.25) is 4.98 Å². The molecule has 0 radical (unpaired) electrons. The zero-order valence-corrected chi connectivity index (χ0v) is 13.9. The minimum Gasteiger partial charge on any atom is -0.444 e. The number of carbonyl (C=O) groups is 1. The molecule has 1 aromatic rings. The number of likely N-dealkylation sites (tertiary alicyclic amines) is 1. The molecule has 2 atom stereocenters. The summed E-state index contributed by atoms with van der Waals surface area (Å²) < 4.78 is 5.44. The van der Waals surface area contributed by atoms with E-state index in [0.29, 0.717) is 19.5 Å². The first-order chi connectivity index (χ1) is 10.3. The van der Waals surface area contributed by atoms with Gasteiger partial charge in [-0.1, -0.05) is 13.0 Å². The highest BCUT2D eigenvalue weighted by Crippen LogP contribution is 2.38. The molecule has 5 nitrogen and oxygen atoms in total. The molecule has 2 heterocycles. The number of rotatable bonds is 2. The summed E-state index contributed by atoms with van der Waals surface area (Å²) in [5, 5.41) is 10.0. The number of hydrogen-bond donors (Lipinski definition) is 1. The Morgan fingerprint density at radius 2 is 2.23 bits per heavy atom. The van der Waals surface area contributed by atoms with Gasteiger partial charge in [0.2, 0.25) is 0 Å². The highest BCUT2D eigenvalue weighted by molar-refractivity contribution is 5.68. The predicted octanol–water partition coefficient (Wildman–Crippen LogP) is 2.59. The Kier molecular flexibility index (Phi) is 4.75. The highest BCUT2D eigenvalue weighted by Gasteiger charge is 2.44. The van der Waals surface area contributed by atoms with Gasteiger partial charge in [0, 0.05) is 30.4 Å². The topological polar surface area (TPSA) is 62.7 Å². The number of pyridine rings is 1. The van der Waals surface area contributed by atoms with Crippen LogP contribution in [-0.4, -0.2) is 46.4 Å². The summed E-state index contributed by atoms with van der Waals surface area (Å²) in [6.07, 6.45) is 2.15. The Morgan fingerprint density at radius 1 is 1.50 bits per heavy atom. The van der Waals surface area contributed by atoms with Crippen molar-refractivity contribution in [2.75, 3.05) is 19.7 Å². The fourth-order valence-corrected chi connectivity index (χ4v) is 3.02. The van der Waals surface area contributed by atoms with E-state index in [9.17, 15) is 9.90 Å². The van der Waals surface area contributed by atoms with Gasteiger partial charge < -0.3 is 14.7 Å². The van der Waals surface area contributed by atoms with Crippen LogP contribution in [0.2, 0.25) is 0 Å². The maximum absolute atomic E-state index is 12.2. The first kappa shape index (κ1) is 16.7. The van der Waals surface area contributed by atoms with Crippen LogP contribution in [0.1, 0.15) is 39.8 Å². The molecule has 1 aromatic heterocycles. The molecule has 1 aliphatic heterocycles. The maximum Gasteiger partial charge on any atom is 0.410 e. The standard InChI is InChI=1S/C17H26N2O3/c1-13-11-19(15(21)22-16(2,3)4)10-8-17(13,12-20)14-7-5-6-9-18-14/h5-7,9,13,20H,8,10-12H2,1-4H3/t13-,17+/m1/s1. The second-order valence-electron chi connectivity index (χ2n) is 7.11. The third-order valence-electron chi connectivity index (χ3n) is 4.37. The number of aliphatic hydroxyl groups excluding tert-OH is 1. The van der Waals surface area contributed by atoms with Crippen LogP contribution in [-0.2, 0) is 10.2 Å². The Balaban J connectivity index is 2.13. The molecule has 1 N–H and O–H groups in total. The predicted molar refractivity (Wildman–Crippen MR) is 84.6 cm³/mol. The third-order valence-corrected chi connectivity index (χ3v) is 4.37. The maximum atomic E-state index is 12.2. The van der Waals surface area contributed by atoms with Gasteiger partial charge in [0.15, 0.2) is 0 Å². The summed E-state index contributed by atoms with van der Waals surface area (Å²) in [6, 6.07) is 5.76. The van der Waals surface area contributed by atoms with E-state index in [0.717, 1.165) is 5.69 Å². The molecule has 22 heavy (non-hydrogen) atoms. The van der Waals surface area contributed by atoms with Gasteiger partial charge in [-0.25, -0.2) is 4.79 Å². The molecule has 0 aromatic carbocycles. The lowest BCUT2D eigenvalue weighted by Gasteiger charge is -2.45. The SMILES string of the molecule is C[C@@H]1CN(C(=O)OC(C)(C)C)CC[C@@]1(CO)c1ccccn1. The normalized spacial score (nSPS) is 25.9. The van der Waals surface area contributed by atoms with Gasteiger partial charge >= 0.3 is 6.09 Å². The summed E-state index contributed by atoms with van der Waals surface area (Å²) in [5.41, 5.74) is 0.0147. The first-order valence-electron chi connectivity index (χ1n) is 7.79. The Hall–Kier alpha value is -1.62. The molecule has 122 valence electrons. The number of aliphatic hydroxyl groups is 1. The molecule has 2 rings (SSSR count). The molecule has 0 aliphatic carbocycles. The molecular formula is C17H26N2O3. The molecule has 1 aliphatic rings. The highest BCUT2D eigenvalue weighted by atomic mass is 16.6. The molecule has 0 saturated carbocycles. The van der Waals surface area contributed by atoms with Gasteiger partial charge in [-0.05, 0) is 45.2 Å². The van der Waals surface area contributed by atoms with Crippen LogP contribution in [0.5, 0.6) is 0 Å². The summed E-state index contributed by atoms with van der Waals surface area (Å²) in [6.45, 7) is 8.82. The second kappa shape index (κ2) is 6.24. The van der Waals surface area contributed by atoms with E-state index in [1.54, 1.807) is 11.1 Å². The summed E-state index contributed by atoms with van der Waals surface area (Å²) in [7, 11) is 0. The van der Waals surface area contributed by atoms with Crippen molar-refractivity contribution in [3.8, 4) is 0 Å². The number of nitrogens with zero attached hydrogens (tertiary/aromatic N) is 2. The second-order valence-corrected chi connectivity index (χ2v) is 7.11. The lowest BCUT2D eigenvalue weighted by molar-refractivity contribution is -0.00101. The molecule has 0 spiro atoms. The van der Waals surface area contributed by atoms with Crippen molar-refractivity contribution in [3.63, 3.8) is 0 Å². The van der Waals surface area contributed by atoms with Crippen molar-refractivity contribution in [1.82, 2.24) is 9.88 Å². The van der Waals surface area contributed by atoms with E-state index < -0.39 is 5.60 Å². The number of carbonyl (C=O) groups excluding carboxylic acids is 1. The fraction of sp³-hybridized carbons (Fsp3) is 0.647. The van der Waals surface area contributed by atoms with Gasteiger partial charge in [-0.2, -0.15) is 0 Å². The van der Waals surface area contributed by atoms with E-state index in [-0.39, 0.29) is 24.0 Å². The summed E-state index contributed by atoms with van der Waals surface area (Å²) >= 11 is 0. The zero-order chi connectivity index (χ0) is 16.4. The smallest absolute Gasteiger partial charge is 0.410 e. The van der Waals surface area contributed by atoms with Crippen molar-refractivity contribution in [1.29, 1.82) is 0 Å². The molecule has 0 unspecified atom stereocenters. The van der Waals surface area contributed by atoms with Crippen molar-refractivity contribution in [2.45, 2.75) is 45.1 Å². The van der Waals surface area contributed by atoms with E-state index in [4.69, 9.17) is 4.74 Å². The minimum atomic E-state index is -0.493. The molecule has 1 saturated heterocycles. The van der Waals surface area contributed by atoms with Gasteiger partial charge in [0.05, 0.1) is 6.61 Å². The fourth-order valence-electron chi connectivity index (χ4n) is 3.02. The minimum absolute atomic E-state index is 0.0351. The third kappa shape index (κ3) is 3.40. The largest absolute Gasteiger partial charge is 0.444 e. The monoisotopic (exact) mass is 306 g/mol. The van der Waals surface area contributed by atoms with Crippen molar-refractivity contribution in [2.24, 2.45) is 5.92 Å². The first-order valence-corrected chi connectivity index (χ1v) is 7.79. The van der Waals surface area contributed by atoms with Crippen LogP contribution in [0, 0.1) is 5.92 Å². The number of hydrogen-bond acceptors (Lipinski definition) is 4. The summed E-state index contributed by atoms with van der Waals surface area (Å²) in [5.74, 6) is 0.105. The average molecular weight is 306 g/mol. The Morgan fingerprint density at radius 3 is 2.73 bits per heavy atom. The van der Waals surface area contributed by atoms with E-state index in [2.05, 4.69) is 11.9 Å². The van der Waals surface area contributed by atoms with Crippen molar-refractivity contribution < 1.29 is 14.6 Å². The Labute approximate surface area is 132 Å². The van der Waals surface area contributed by atoms with E-state index in [1.165, 1.54) is 0 Å². The van der Waals surface area contributed by atoms with Crippen LogP contribution in [0.4, 0.5) is 4.79 Å². The average Bonchev–Trinajstić information content (AvgIpc) is 2.46. The number of aromatic nitrogens is 1. The lowest BCUT2D eigenvalue weighted by atomic mass is 9.69. The van der Waals surface area contributed by atoms with Gasteiger partial charge in [0.1, 0.15) is 5.60 Å². The molecule has 1 fully saturated rings. The van der Waals surface area contributed by atoms with Crippen LogP contribution in [0.3, 0.4) is 0 Å². The van der Waals surface area contributed by atoms with Crippen molar-refractivity contribution >= 4 is 6.09 Å². The molecule has 1 amide bonds. The van der Waals surface area contributed by atoms with Gasteiger partial charge in [-0.15, -0.1) is 0 Å². The van der Waals surface area contributed by atoms with E-state index >= 15 is 0 Å². The molecule has 0 bridgehead atoms. The van der Waals surface area contributed by atoms with Crippen LogP contribution in [0.15, 0.2) is 24.4 Å². The quantitative estimate of drug-likeness (QED) is 0.912. The van der Waals surface area contributed by atoms with Crippen molar-refractivity contribution in [3.05, 3.63) is 30.1 Å². The number of piperidine rings is 1. The Bertz CT molecular complexity index is 512. The van der Waals surface area contributed by atoms with Crippen LogP contribution in [0.25, 0.3) is 0 Å². The van der Waals surface area contributed by atoms with E-state index in [1.807, 2.05) is 39.0 Å². The lowest BCUT2D eigenvalue weighted by Crippen LogP contribution is -2.53. The zero-order valence-electron chi connectivity index (χ0n) is 13.9. The van der Waals surface area contributed by atoms with Crippen LogP contribution >= 0.6 is 0 Å². The molecule has 5 heteroatoms.